The molecule has 30 nitrogen and oxygen atoms in total. The van der Waals surface area contributed by atoms with E-state index in [1.165, 1.54) is 12.1 Å². The molecule has 78 heavy (non-hydrogen) atoms. The van der Waals surface area contributed by atoms with Gasteiger partial charge in [-0.15, -0.1) is 0 Å². The molecule has 6 rings (SSSR count). The van der Waals surface area contributed by atoms with Gasteiger partial charge in [-0.25, -0.2) is 20.0 Å². The molecular weight excluding hydrogens is 1220 g/mol. The Morgan fingerprint density at radius 2 is 0.641 bits per heavy atom. The third-order valence-corrected chi connectivity index (χ3v) is 14.3. The van der Waals surface area contributed by atoms with Crippen molar-refractivity contribution in [3.63, 3.8) is 0 Å². The Bertz CT molecular complexity index is 4130. The standard InChI is InChI=1S/C36H36N12O18S6.6Na/c1-3-37-31-43-33(47-35(45-31)41-25-17-23(67(49,50)51)11-13-27(25)69(55,56)57)39-21-9-7-19(29(15-21)71(61,62)63)5-6-20-8-10-22(16-30(20)72(64,65)66)40-34-44-32(38-4-2)46-36(48-34)42-26-18-24(68(52,53)54)12-14-28(26)70(58,59)60;;;;;;/h5-18H,3-4H2,1-2H3,(H,49,50,51)(H,52,53,54)(H,55,56,57)(H,58,59,60)(H,61,62,63)(H,64,65,66)(H3,37,39,41,43,45,47)(H3,38,40,42,44,46,48);;;;;;. The minimum Gasteiger partial charge on any atom is -0.296 e. The second-order valence-corrected chi connectivity index (χ2v) is 22.5. The molecule has 0 amide bonds. The van der Waals surface area contributed by atoms with Crippen LogP contribution < -0.4 is 33.7 Å². The van der Waals surface area contributed by atoms with Crippen LogP contribution in [0.4, 0.5) is 22.7 Å². The van der Waals surface area contributed by atoms with Crippen LogP contribution in [0.25, 0.3) is 12.2 Å². The van der Waals surface area contributed by atoms with Crippen LogP contribution in [0.1, 0.15) is 25.0 Å². The first kappa shape index (κ1) is 76.9. The molecule has 42 heteroatoms. The van der Waals surface area contributed by atoms with Gasteiger partial charge in [-0.2, -0.15) is 50.5 Å². The second kappa shape index (κ2) is 31.2. The molecule has 0 aliphatic carbocycles. The van der Waals surface area contributed by atoms with E-state index in [0.29, 0.717) is 36.4 Å². The van der Waals surface area contributed by atoms with Crippen molar-refractivity contribution in [2.24, 2.45) is 30.0 Å². The normalized spacial score (nSPS) is 13.6. The molecule has 0 saturated carbocycles. The van der Waals surface area contributed by atoms with Gasteiger partial charge in [0, 0.05) is 190 Å². The number of aromatic nitrogens is 6. The predicted octanol–water partition coefficient (Wildman–Crippen LogP) is -2.21. The van der Waals surface area contributed by atoms with Gasteiger partial charge < -0.3 is 0 Å². The minimum absolute atomic E-state index is 0. The summed E-state index contributed by atoms with van der Waals surface area (Å²) >= 11 is 0. The number of hydrogen-bond acceptors (Lipinski definition) is 18. The summed E-state index contributed by atoms with van der Waals surface area (Å²) in [6.45, 7) is 3.52. The van der Waals surface area contributed by atoms with Crippen molar-refractivity contribution in [3.8, 4) is 0 Å². The minimum atomic E-state index is -5.10. The number of benzene rings is 4. The molecule has 2 aromatic heterocycles. The topological polar surface area (TPSA) is 495 Å². The van der Waals surface area contributed by atoms with E-state index >= 15 is 0 Å². The third kappa shape index (κ3) is 21.5. The smallest absolute Gasteiger partial charge is 0.296 e. The predicted molar refractivity (Wildman–Crippen MR) is 280 cm³/mol. The van der Waals surface area contributed by atoms with Gasteiger partial charge in [0.25, 0.3) is 60.7 Å². The summed E-state index contributed by atoms with van der Waals surface area (Å²) in [6, 6.07) is 10.6. The van der Waals surface area contributed by atoms with Crippen molar-refractivity contribution in [2.45, 2.75) is 43.2 Å². The molecule has 4 aromatic carbocycles. The van der Waals surface area contributed by atoms with Crippen molar-refractivity contribution < 1.29 is 77.8 Å². The Labute approximate surface area is 575 Å². The first-order valence-electron chi connectivity index (χ1n) is 19.5. The van der Waals surface area contributed by atoms with Crippen LogP contribution in [0.5, 0.6) is 0 Å². The van der Waals surface area contributed by atoms with E-state index in [1.807, 2.05) is 0 Å². The number of nitrogens with one attached hydrogen (secondary N) is 6. The summed E-state index contributed by atoms with van der Waals surface area (Å²) in [7, 11) is -30.0. The molecule has 0 fully saturated rings. The van der Waals surface area contributed by atoms with Crippen molar-refractivity contribution >= 4 is 273 Å². The second-order valence-electron chi connectivity index (χ2n) is 14.1. The number of rotatable bonds is 14. The summed E-state index contributed by atoms with van der Waals surface area (Å²) in [4.78, 5) is 35.8. The van der Waals surface area contributed by atoms with Crippen molar-refractivity contribution in [1.29, 1.82) is 0 Å². The van der Waals surface area contributed by atoms with Gasteiger partial charge in [-0.3, -0.25) is 67.2 Å². The van der Waals surface area contributed by atoms with Gasteiger partial charge in [-0.05, 0) is 85.6 Å². The maximum absolute atomic E-state index is 12.7. The van der Waals surface area contributed by atoms with E-state index in [0.717, 1.165) is 36.4 Å². The number of nitrogens with zero attached hydrogens (tertiary/aromatic N) is 6. The van der Waals surface area contributed by atoms with Crippen LogP contribution in [-0.4, -0.2) is 298 Å². The Hall–Kier alpha value is -1.10. The van der Waals surface area contributed by atoms with Crippen LogP contribution in [0.2, 0.25) is 0 Å². The first-order valence-corrected chi connectivity index (χ1v) is 28.1. The van der Waals surface area contributed by atoms with E-state index in [2.05, 4.69) is 59.9 Å². The SMILES string of the molecule is CCN=c1[nH]c(=Nc2ccc(C=Cc3ccc(N=c4[nH]c(=NCC)[nH]c(=Nc5cc(S(=O)(=O)O)ccc5S(=O)(=O)O)[nH]4)cc3S(=O)(=O)O)c(S(=O)(=O)O)c2)[nH]c(=Nc2cc(S(=O)(=O)O)ccc2S(=O)(=O)O)[nH]1.[Na].[Na].[Na].[Na].[Na].[Na]. The van der Waals surface area contributed by atoms with Crippen LogP contribution >= 0.6 is 0 Å². The molecule has 0 aliphatic rings. The molecule has 0 spiro atoms. The van der Waals surface area contributed by atoms with Gasteiger partial charge >= 0.3 is 0 Å². The quantitative estimate of drug-likeness (QED) is 0.0313. The van der Waals surface area contributed by atoms with Gasteiger partial charge in [0.05, 0.1) is 32.5 Å². The van der Waals surface area contributed by atoms with Crippen molar-refractivity contribution in [1.82, 2.24) is 29.9 Å². The van der Waals surface area contributed by atoms with Crippen molar-refractivity contribution in [3.05, 3.63) is 118 Å². The number of H-pyrrole nitrogens is 6. The molecule has 2 heterocycles. The van der Waals surface area contributed by atoms with Crippen LogP contribution in [0.15, 0.2) is 132 Å². The Morgan fingerprint density at radius 3 is 0.910 bits per heavy atom. The van der Waals surface area contributed by atoms with Crippen LogP contribution in [0.3, 0.4) is 0 Å². The molecular formula is C36H36N12Na6O18S6. The Balaban J connectivity index is 0.00000988. The molecule has 390 valence electrons. The van der Waals surface area contributed by atoms with E-state index < -0.39 is 101 Å². The summed E-state index contributed by atoms with van der Waals surface area (Å²) in [6.07, 6.45) is 2.12. The maximum Gasteiger partial charge on any atom is 0.296 e. The maximum atomic E-state index is 12.7. The Morgan fingerprint density at radius 1 is 0.359 bits per heavy atom. The fraction of sp³-hybridized carbons (Fsp3) is 0.111. The van der Waals surface area contributed by atoms with Crippen LogP contribution in [-0.2, 0) is 60.7 Å². The summed E-state index contributed by atoms with van der Waals surface area (Å²) < 4.78 is 205. The molecule has 0 unspecified atom stereocenters. The van der Waals surface area contributed by atoms with Crippen LogP contribution in [0, 0.1) is 0 Å². The molecule has 12 N–H and O–H groups in total. The largest absolute Gasteiger partial charge is 0.296 e. The van der Waals surface area contributed by atoms with E-state index in [9.17, 15) is 77.8 Å². The van der Waals surface area contributed by atoms with Gasteiger partial charge in [0.15, 0.2) is 0 Å². The molecule has 6 aromatic rings. The summed E-state index contributed by atoms with van der Waals surface area (Å²) in [5, 5.41) is 0. The van der Waals surface area contributed by atoms with Crippen molar-refractivity contribution in [2.75, 3.05) is 13.1 Å². The zero-order chi connectivity index (χ0) is 53.2. The zero-order valence-corrected chi connectivity index (χ0v) is 59.1. The molecule has 6 radical (unpaired) electrons. The van der Waals surface area contributed by atoms with E-state index in [-0.39, 0.29) is 247 Å². The molecule has 0 atom stereocenters. The average molecular weight is 1260 g/mol. The fourth-order valence-electron chi connectivity index (χ4n) is 6.07. The monoisotopic (exact) mass is 1250 g/mol. The summed E-state index contributed by atoms with van der Waals surface area (Å²) in [5.41, 5.74) is -3.68. The summed E-state index contributed by atoms with van der Waals surface area (Å²) in [5.74, 6) is 0. The van der Waals surface area contributed by atoms with E-state index in [1.54, 1.807) is 13.8 Å². The van der Waals surface area contributed by atoms with Gasteiger partial charge in [0.1, 0.15) is 19.6 Å². The fourth-order valence-corrected chi connectivity index (χ4v) is 9.70. The number of hydrogen-bond donors (Lipinski definition) is 12. The number of aromatic amines is 6. The first-order chi connectivity index (χ1) is 33.3. The molecule has 0 bridgehead atoms. The average Bonchev–Trinajstić information content (AvgIpc) is 3.24. The van der Waals surface area contributed by atoms with E-state index in [4.69, 9.17) is 0 Å². The Kier molecular flexibility index (Phi) is 30.7. The van der Waals surface area contributed by atoms with Gasteiger partial charge in [-0.1, -0.05) is 24.3 Å². The molecule has 0 aliphatic heterocycles. The third-order valence-electron chi connectivity index (χ3n) is 9.00. The van der Waals surface area contributed by atoms with Gasteiger partial charge in [0.2, 0.25) is 33.7 Å². The zero-order valence-electron chi connectivity index (χ0n) is 42.2. The molecule has 0 saturated heterocycles.